The molecule has 0 aliphatic carbocycles. The molecule has 1 unspecified atom stereocenters. The van der Waals surface area contributed by atoms with Crippen LogP contribution in [0.3, 0.4) is 0 Å². The lowest BCUT2D eigenvalue weighted by Crippen LogP contribution is -2.14. The summed E-state index contributed by atoms with van der Waals surface area (Å²) in [6.07, 6.45) is -0.958. The van der Waals surface area contributed by atoms with Crippen LogP contribution in [0.5, 0.6) is 0 Å². The van der Waals surface area contributed by atoms with E-state index in [1.165, 1.54) is 0 Å². The second kappa shape index (κ2) is 2.40. The lowest BCUT2D eigenvalue weighted by molar-refractivity contribution is 0.240. The first kappa shape index (κ1) is 5.95. The van der Waals surface area contributed by atoms with Crippen LogP contribution in [-0.4, -0.2) is 25.9 Å². The summed E-state index contributed by atoms with van der Waals surface area (Å²) in [6, 6.07) is 0. The van der Waals surface area contributed by atoms with Gasteiger partial charge < -0.3 is 5.32 Å². The Balaban J connectivity index is 2.30. The van der Waals surface area contributed by atoms with Crippen molar-refractivity contribution in [1.29, 1.82) is 0 Å². The molecule has 0 bridgehead atoms. The van der Waals surface area contributed by atoms with E-state index in [0.717, 1.165) is 0 Å². The van der Waals surface area contributed by atoms with Crippen LogP contribution in [0.2, 0.25) is 0 Å². The van der Waals surface area contributed by atoms with Gasteiger partial charge in [0.1, 0.15) is 6.17 Å². The average Bonchev–Trinajstić information content (AvgIpc) is 2.14. The SMILES string of the molecule is FCC1CNC[C@@H]1F. The standard InChI is InChI=1S/C5H9F2N/c6-1-4-2-8-3-5(4)7/h4-5,8H,1-3H2/t4?,5-/m0/s1. The Morgan fingerprint density at radius 2 is 2.25 bits per heavy atom. The predicted molar refractivity (Wildman–Crippen MR) is 27.2 cm³/mol. The van der Waals surface area contributed by atoms with Crippen molar-refractivity contribution in [2.24, 2.45) is 5.92 Å². The summed E-state index contributed by atoms with van der Waals surface area (Å²) in [7, 11) is 0. The predicted octanol–water partition coefficient (Wildman–Crippen LogP) is 0.513. The number of nitrogens with one attached hydrogen (secondary N) is 1. The van der Waals surface area contributed by atoms with Crippen molar-refractivity contribution < 1.29 is 8.78 Å². The third kappa shape index (κ3) is 0.968. The highest BCUT2D eigenvalue weighted by Gasteiger charge is 2.25. The van der Waals surface area contributed by atoms with Gasteiger partial charge in [-0.25, -0.2) is 4.39 Å². The van der Waals surface area contributed by atoms with Gasteiger partial charge in [-0.05, 0) is 0 Å². The third-order valence-corrected chi connectivity index (χ3v) is 1.46. The highest BCUT2D eigenvalue weighted by molar-refractivity contribution is 4.79. The first-order valence-electron chi connectivity index (χ1n) is 2.75. The molecule has 0 amide bonds. The summed E-state index contributed by atoms with van der Waals surface area (Å²) in [5.74, 6) is -0.380. The number of halogens is 2. The molecule has 0 saturated carbocycles. The summed E-state index contributed by atoms with van der Waals surface area (Å²) in [4.78, 5) is 0. The van der Waals surface area contributed by atoms with Gasteiger partial charge in [-0.1, -0.05) is 0 Å². The Labute approximate surface area is 47.1 Å². The van der Waals surface area contributed by atoms with Crippen molar-refractivity contribution in [3.8, 4) is 0 Å². The van der Waals surface area contributed by atoms with Gasteiger partial charge in [0.05, 0.1) is 6.67 Å². The van der Waals surface area contributed by atoms with Crippen LogP contribution in [0.4, 0.5) is 8.78 Å². The number of rotatable bonds is 1. The van der Waals surface area contributed by atoms with E-state index in [9.17, 15) is 8.78 Å². The van der Waals surface area contributed by atoms with Crippen LogP contribution >= 0.6 is 0 Å². The first-order valence-corrected chi connectivity index (χ1v) is 2.75. The maximum Gasteiger partial charge on any atom is 0.119 e. The van der Waals surface area contributed by atoms with E-state index in [2.05, 4.69) is 5.32 Å². The average molecular weight is 121 g/mol. The summed E-state index contributed by atoms with van der Waals surface area (Å²) >= 11 is 0. The maximum atomic E-state index is 12.3. The molecule has 1 fully saturated rings. The molecule has 1 heterocycles. The van der Waals surface area contributed by atoms with Gasteiger partial charge in [0.15, 0.2) is 0 Å². The molecule has 0 aromatic heterocycles. The van der Waals surface area contributed by atoms with Crippen LogP contribution in [0.15, 0.2) is 0 Å². The number of alkyl halides is 2. The van der Waals surface area contributed by atoms with Gasteiger partial charge in [0.2, 0.25) is 0 Å². The van der Waals surface area contributed by atoms with Gasteiger partial charge in [0, 0.05) is 19.0 Å². The molecule has 1 N–H and O–H groups in total. The first-order chi connectivity index (χ1) is 3.84. The Kier molecular flexibility index (Phi) is 1.78. The van der Waals surface area contributed by atoms with Gasteiger partial charge in [0.25, 0.3) is 0 Å². The molecule has 3 heteroatoms. The molecule has 1 aliphatic rings. The zero-order chi connectivity index (χ0) is 5.98. The zero-order valence-corrected chi connectivity index (χ0v) is 4.53. The molecule has 0 radical (unpaired) electrons. The third-order valence-electron chi connectivity index (χ3n) is 1.46. The summed E-state index contributed by atoms with van der Waals surface area (Å²) < 4.78 is 24.0. The van der Waals surface area contributed by atoms with Crippen LogP contribution in [-0.2, 0) is 0 Å². The molecule has 2 atom stereocenters. The van der Waals surface area contributed by atoms with Crippen LogP contribution in [0.1, 0.15) is 0 Å². The smallest absolute Gasteiger partial charge is 0.119 e. The lowest BCUT2D eigenvalue weighted by Gasteiger charge is -2.02. The van der Waals surface area contributed by atoms with E-state index in [1.54, 1.807) is 0 Å². The summed E-state index contributed by atoms with van der Waals surface area (Å²) in [6.45, 7) is 0.292. The second-order valence-corrected chi connectivity index (χ2v) is 2.09. The number of hydrogen-bond acceptors (Lipinski definition) is 1. The molecule has 8 heavy (non-hydrogen) atoms. The van der Waals surface area contributed by atoms with E-state index >= 15 is 0 Å². The molecular formula is C5H9F2N. The largest absolute Gasteiger partial charge is 0.313 e. The monoisotopic (exact) mass is 121 g/mol. The van der Waals surface area contributed by atoms with Crippen molar-refractivity contribution in [2.45, 2.75) is 6.17 Å². The fourth-order valence-corrected chi connectivity index (χ4v) is 0.852. The summed E-state index contributed by atoms with van der Waals surface area (Å²) in [5, 5.41) is 2.76. The molecule has 0 spiro atoms. The van der Waals surface area contributed by atoms with E-state index < -0.39 is 12.8 Å². The van der Waals surface area contributed by atoms with Crippen LogP contribution in [0, 0.1) is 5.92 Å². The molecule has 0 aromatic rings. The highest BCUT2D eigenvalue weighted by atomic mass is 19.1. The molecular weight excluding hydrogens is 112 g/mol. The fourth-order valence-electron chi connectivity index (χ4n) is 0.852. The number of hydrogen-bond donors (Lipinski definition) is 1. The molecule has 48 valence electrons. The minimum Gasteiger partial charge on any atom is -0.313 e. The Morgan fingerprint density at radius 1 is 1.50 bits per heavy atom. The Hall–Kier alpha value is -0.180. The normalized spacial score (nSPS) is 38.2. The molecule has 1 nitrogen and oxygen atoms in total. The van der Waals surface area contributed by atoms with Gasteiger partial charge in [-0.2, -0.15) is 0 Å². The Morgan fingerprint density at radius 3 is 2.50 bits per heavy atom. The quantitative estimate of drug-likeness (QED) is 0.533. The zero-order valence-electron chi connectivity index (χ0n) is 4.53. The van der Waals surface area contributed by atoms with E-state index in [1.807, 2.05) is 0 Å². The second-order valence-electron chi connectivity index (χ2n) is 2.09. The summed E-state index contributed by atoms with van der Waals surface area (Å²) in [5.41, 5.74) is 0. The molecule has 1 saturated heterocycles. The minimum atomic E-state index is -0.958. The molecule has 1 rings (SSSR count). The van der Waals surface area contributed by atoms with E-state index in [0.29, 0.717) is 13.1 Å². The van der Waals surface area contributed by atoms with Crippen LogP contribution < -0.4 is 5.32 Å². The Bertz CT molecular complexity index is 76.8. The maximum absolute atomic E-state index is 12.3. The highest BCUT2D eigenvalue weighted by Crippen LogP contribution is 2.11. The van der Waals surface area contributed by atoms with Crippen molar-refractivity contribution in [2.75, 3.05) is 19.8 Å². The van der Waals surface area contributed by atoms with Crippen molar-refractivity contribution in [3.63, 3.8) is 0 Å². The lowest BCUT2D eigenvalue weighted by atomic mass is 10.1. The van der Waals surface area contributed by atoms with Gasteiger partial charge in [-0.15, -0.1) is 0 Å². The molecule has 0 aromatic carbocycles. The van der Waals surface area contributed by atoms with E-state index in [-0.39, 0.29) is 5.92 Å². The van der Waals surface area contributed by atoms with Crippen molar-refractivity contribution in [3.05, 3.63) is 0 Å². The van der Waals surface area contributed by atoms with Gasteiger partial charge >= 0.3 is 0 Å². The van der Waals surface area contributed by atoms with Crippen molar-refractivity contribution >= 4 is 0 Å². The molecule has 1 aliphatic heterocycles. The minimum absolute atomic E-state index is 0.328. The van der Waals surface area contributed by atoms with Crippen molar-refractivity contribution in [1.82, 2.24) is 5.32 Å². The fraction of sp³-hybridized carbons (Fsp3) is 1.00. The van der Waals surface area contributed by atoms with Crippen LogP contribution in [0.25, 0.3) is 0 Å². The topological polar surface area (TPSA) is 12.0 Å². The van der Waals surface area contributed by atoms with E-state index in [4.69, 9.17) is 0 Å². The van der Waals surface area contributed by atoms with Gasteiger partial charge in [-0.3, -0.25) is 4.39 Å².